The lowest BCUT2D eigenvalue weighted by molar-refractivity contribution is 0.112. The van der Waals surface area contributed by atoms with Crippen LogP contribution in [0.5, 0.6) is 0 Å². The molecule has 4 heteroatoms. The number of nitrogens with zero attached hydrogens (tertiary/aromatic N) is 2. The van der Waals surface area contributed by atoms with Crippen LogP contribution in [0.1, 0.15) is 61.3 Å². The van der Waals surface area contributed by atoms with Gasteiger partial charge in [-0.05, 0) is 38.0 Å². The minimum absolute atomic E-state index is 0.361. The zero-order valence-electron chi connectivity index (χ0n) is 11.6. The first-order chi connectivity index (χ1) is 8.58. The number of aldehydes is 1. The Morgan fingerprint density at radius 2 is 2.17 bits per heavy atom. The van der Waals surface area contributed by atoms with Crippen molar-refractivity contribution in [2.45, 2.75) is 52.0 Å². The summed E-state index contributed by atoms with van der Waals surface area (Å²) in [7, 11) is 2.09. The molecule has 0 bridgehead atoms. The Bertz CT molecular complexity index is 425. The summed E-state index contributed by atoms with van der Waals surface area (Å²) in [6.07, 6.45) is 4.63. The van der Waals surface area contributed by atoms with E-state index in [-0.39, 0.29) is 0 Å². The Balaban J connectivity index is 2.22. The highest BCUT2D eigenvalue weighted by molar-refractivity contribution is 7.17. The first kappa shape index (κ1) is 13.5. The summed E-state index contributed by atoms with van der Waals surface area (Å²) in [5.74, 6) is 1.17. The van der Waals surface area contributed by atoms with Gasteiger partial charge >= 0.3 is 0 Å². The van der Waals surface area contributed by atoms with Crippen molar-refractivity contribution in [2.75, 3.05) is 11.9 Å². The maximum Gasteiger partial charge on any atom is 0.186 e. The van der Waals surface area contributed by atoms with Crippen molar-refractivity contribution in [2.24, 2.45) is 5.92 Å². The Labute approximate surface area is 113 Å². The highest BCUT2D eigenvalue weighted by Gasteiger charge is 2.32. The summed E-state index contributed by atoms with van der Waals surface area (Å²) in [6.45, 7) is 6.52. The van der Waals surface area contributed by atoms with Gasteiger partial charge in [0.1, 0.15) is 0 Å². The number of hydrogen-bond acceptors (Lipinski definition) is 4. The van der Waals surface area contributed by atoms with E-state index >= 15 is 0 Å². The quantitative estimate of drug-likeness (QED) is 0.736. The molecule has 0 aliphatic heterocycles. The fourth-order valence-corrected chi connectivity index (χ4v) is 3.23. The van der Waals surface area contributed by atoms with Crippen LogP contribution < -0.4 is 4.90 Å². The topological polar surface area (TPSA) is 33.2 Å². The molecule has 0 N–H and O–H groups in total. The molecular weight excluding hydrogens is 244 g/mol. The van der Waals surface area contributed by atoms with Gasteiger partial charge in [-0.25, -0.2) is 4.98 Å². The van der Waals surface area contributed by atoms with Crippen LogP contribution in [-0.2, 0) is 0 Å². The minimum Gasteiger partial charge on any atom is -0.348 e. The van der Waals surface area contributed by atoms with E-state index in [0.29, 0.717) is 12.0 Å². The van der Waals surface area contributed by atoms with Crippen molar-refractivity contribution >= 4 is 22.8 Å². The van der Waals surface area contributed by atoms with E-state index in [4.69, 9.17) is 4.98 Å². The molecule has 100 valence electrons. The molecule has 2 unspecified atom stereocenters. The van der Waals surface area contributed by atoms with Gasteiger partial charge in [0.25, 0.3) is 0 Å². The maximum atomic E-state index is 11.2. The van der Waals surface area contributed by atoms with Crippen LogP contribution in [0.4, 0.5) is 5.13 Å². The second kappa shape index (κ2) is 5.39. The van der Waals surface area contributed by atoms with Crippen molar-refractivity contribution < 1.29 is 4.79 Å². The third-order valence-corrected chi connectivity index (χ3v) is 5.16. The van der Waals surface area contributed by atoms with Gasteiger partial charge in [-0.15, -0.1) is 0 Å². The molecule has 0 aromatic carbocycles. The van der Waals surface area contributed by atoms with Gasteiger partial charge in [0.2, 0.25) is 0 Å². The van der Waals surface area contributed by atoms with E-state index in [0.717, 1.165) is 34.3 Å². The molecule has 1 aliphatic rings. The van der Waals surface area contributed by atoms with Gasteiger partial charge in [0.15, 0.2) is 11.4 Å². The summed E-state index contributed by atoms with van der Waals surface area (Å²) < 4.78 is 0. The predicted octanol–water partition coefficient (Wildman–Crippen LogP) is 3.70. The summed E-state index contributed by atoms with van der Waals surface area (Å²) in [5, 5.41) is 0.992. The molecule has 1 saturated carbocycles. The largest absolute Gasteiger partial charge is 0.348 e. The first-order valence-corrected chi connectivity index (χ1v) is 7.58. The second-order valence-corrected chi connectivity index (χ2v) is 6.37. The molecule has 1 aliphatic carbocycles. The van der Waals surface area contributed by atoms with Crippen molar-refractivity contribution in [1.29, 1.82) is 0 Å². The van der Waals surface area contributed by atoms with Gasteiger partial charge in [-0.1, -0.05) is 25.2 Å². The molecule has 1 fully saturated rings. The van der Waals surface area contributed by atoms with Crippen LogP contribution in [0.25, 0.3) is 0 Å². The van der Waals surface area contributed by atoms with Gasteiger partial charge in [-0.3, -0.25) is 4.79 Å². The Morgan fingerprint density at radius 1 is 1.50 bits per heavy atom. The fourth-order valence-electron chi connectivity index (χ4n) is 2.18. The average molecular weight is 266 g/mol. The zero-order valence-corrected chi connectivity index (χ0v) is 12.5. The van der Waals surface area contributed by atoms with Crippen LogP contribution in [0.3, 0.4) is 0 Å². The lowest BCUT2D eigenvalue weighted by Gasteiger charge is -2.24. The van der Waals surface area contributed by atoms with Crippen LogP contribution >= 0.6 is 11.3 Å². The first-order valence-electron chi connectivity index (χ1n) is 6.77. The van der Waals surface area contributed by atoms with Gasteiger partial charge in [-0.2, -0.15) is 0 Å². The van der Waals surface area contributed by atoms with E-state index in [9.17, 15) is 4.79 Å². The van der Waals surface area contributed by atoms with E-state index < -0.39 is 0 Å². The summed E-state index contributed by atoms with van der Waals surface area (Å²) >= 11 is 1.53. The summed E-state index contributed by atoms with van der Waals surface area (Å²) in [6, 6.07) is 0.528. The summed E-state index contributed by atoms with van der Waals surface area (Å²) in [5.41, 5.74) is 0.974. The van der Waals surface area contributed by atoms with Crippen molar-refractivity contribution in [3.05, 3.63) is 10.6 Å². The number of thiazole rings is 1. The smallest absolute Gasteiger partial charge is 0.186 e. The molecule has 2 atom stereocenters. The van der Waals surface area contributed by atoms with Gasteiger partial charge < -0.3 is 4.90 Å². The number of anilines is 1. The molecular formula is C14H22N2OS. The lowest BCUT2D eigenvalue weighted by Crippen LogP contribution is -2.30. The Hall–Kier alpha value is -0.900. The molecule has 0 radical (unpaired) electrons. The molecule has 3 nitrogen and oxygen atoms in total. The molecule has 1 aromatic rings. The maximum absolute atomic E-state index is 11.2. The Morgan fingerprint density at radius 3 is 2.67 bits per heavy atom. The molecule has 1 aromatic heterocycles. The van der Waals surface area contributed by atoms with E-state index in [1.54, 1.807) is 0 Å². The molecule has 0 saturated heterocycles. The van der Waals surface area contributed by atoms with Crippen LogP contribution in [0, 0.1) is 5.92 Å². The zero-order chi connectivity index (χ0) is 13.3. The van der Waals surface area contributed by atoms with E-state index in [2.05, 4.69) is 32.7 Å². The van der Waals surface area contributed by atoms with Gasteiger partial charge in [0, 0.05) is 13.1 Å². The molecule has 1 heterocycles. The standard InChI is InChI=1S/C14H22N2OS/c1-5-9(2)13-12(8-17)18-14(15-13)16(4)10(3)11-6-7-11/h8-11H,5-7H2,1-4H3. The van der Waals surface area contributed by atoms with Crippen molar-refractivity contribution in [1.82, 2.24) is 4.98 Å². The molecule has 2 rings (SSSR count). The number of hydrogen-bond donors (Lipinski definition) is 0. The number of carbonyl (C=O) groups excluding carboxylic acids is 1. The SMILES string of the molecule is CCC(C)c1nc(N(C)C(C)C2CC2)sc1C=O. The normalized spacial score (nSPS) is 18.4. The van der Waals surface area contributed by atoms with Crippen molar-refractivity contribution in [3.63, 3.8) is 0 Å². The Kier molecular flexibility index (Phi) is 4.05. The van der Waals surface area contributed by atoms with Crippen LogP contribution in [0.2, 0.25) is 0 Å². The number of carbonyl (C=O) groups is 1. The van der Waals surface area contributed by atoms with Crippen LogP contribution in [-0.4, -0.2) is 24.4 Å². The predicted molar refractivity (Wildman–Crippen MR) is 76.8 cm³/mol. The molecule has 0 spiro atoms. The van der Waals surface area contributed by atoms with Crippen molar-refractivity contribution in [3.8, 4) is 0 Å². The average Bonchev–Trinajstić information content (AvgIpc) is 3.15. The number of rotatable bonds is 6. The fraction of sp³-hybridized carbons (Fsp3) is 0.714. The molecule has 0 amide bonds. The third kappa shape index (κ3) is 2.58. The van der Waals surface area contributed by atoms with E-state index in [1.807, 2.05) is 0 Å². The van der Waals surface area contributed by atoms with Crippen LogP contribution in [0.15, 0.2) is 0 Å². The lowest BCUT2D eigenvalue weighted by atomic mass is 10.0. The second-order valence-electron chi connectivity index (χ2n) is 5.36. The minimum atomic E-state index is 0.361. The third-order valence-electron chi connectivity index (χ3n) is 4.07. The highest BCUT2D eigenvalue weighted by Crippen LogP contribution is 2.38. The summed E-state index contributed by atoms with van der Waals surface area (Å²) in [4.78, 5) is 18.9. The van der Waals surface area contributed by atoms with E-state index in [1.165, 1.54) is 24.2 Å². The molecule has 18 heavy (non-hydrogen) atoms. The number of aromatic nitrogens is 1. The highest BCUT2D eigenvalue weighted by atomic mass is 32.1. The monoisotopic (exact) mass is 266 g/mol. The van der Waals surface area contributed by atoms with Gasteiger partial charge in [0.05, 0.1) is 10.6 Å².